The second-order valence-corrected chi connectivity index (χ2v) is 3.30. The molecule has 0 aliphatic heterocycles. The predicted octanol–water partition coefficient (Wildman–Crippen LogP) is 0.223. The van der Waals surface area contributed by atoms with Gasteiger partial charge in [-0.1, -0.05) is 0 Å². The molecule has 48 valence electrons. The fourth-order valence-electron chi connectivity index (χ4n) is 0.250. The molecule has 0 aromatic heterocycles. The van der Waals surface area contributed by atoms with Crippen molar-refractivity contribution in [2.45, 2.75) is 18.6 Å². The Bertz CT molecular complexity index is 95.1. The molecule has 2 N–H and O–H groups in total. The Morgan fingerprint density at radius 2 is 2.12 bits per heavy atom. The number of hydrogen-bond donors (Lipinski definition) is 2. The zero-order valence-corrected chi connectivity index (χ0v) is 6.03. The maximum absolute atomic E-state index is 10.6. The van der Waals surface area contributed by atoms with Gasteiger partial charge in [0.1, 0.15) is 0 Å². The molecule has 0 aliphatic rings. The summed E-state index contributed by atoms with van der Waals surface area (Å²) in [4.78, 5) is 10.6. The molecule has 0 aromatic rings. The number of carbonyl (C=O) groups excluding carboxylic acids is 1. The van der Waals surface area contributed by atoms with Crippen molar-refractivity contribution in [1.29, 1.82) is 0 Å². The first-order chi connectivity index (χ1) is 3.48. The number of rotatable bonds is 2. The molecule has 0 bridgehead atoms. The third-order valence-electron chi connectivity index (χ3n) is 0.868. The summed E-state index contributed by atoms with van der Waals surface area (Å²) in [6, 6.07) is 0. The molecule has 2 nitrogen and oxygen atoms in total. The molecule has 0 radical (unpaired) electrons. The number of Topliss-reactive ketones (excluding diaryl/α,β-unsaturated/α-hetero) is 1. The molecule has 0 heterocycles. The van der Waals surface area contributed by atoms with Gasteiger partial charge in [-0.05, 0) is 13.8 Å². The van der Waals surface area contributed by atoms with Crippen molar-refractivity contribution in [1.82, 2.24) is 0 Å². The molecule has 0 saturated carbocycles. The lowest BCUT2D eigenvalue weighted by Crippen LogP contribution is -2.31. The maximum Gasteiger partial charge on any atom is 0.161 e. The largest absolute Gasteiger partial charge is 0.324 e. The van der Waals surface area contributed by atoms with Crippen LogP contribution in [-0.4, -0.2) is 17.1 Å². The van der Waals surface area contributed by atoms with E-state index in [1.54, 1.807) is 13.8 Å². The van der Waals surface area contributed by atoms with Gasteiger partial charge in [0.05, 0.1) is 11.3 Å². The van der Waals surface area contributed by atoms with E-state index < -0.39 is 4.75 Å². The highest BCUT2D eigenvalue weighted by molar-refractivity contribution is 7.82. The van der Waals surface area contributed by atoms with E-state index in [0.29, 0.717) is 0 Å². The molecule has 0 saturated heterocycles. The van der Waals surface area contributed by atoms with Gasteiger partial charge in [0.25, 0.3) is 0 Å². The van der Waals surface area contributed by atoms with Gasteiger partial charge in [-0.15, -0.1) is 0 Å². The normalized spacial score (nSPS) is 11.5. The van der Waals surface area contributed by atoms with Crippen LogP contribution >= 0.6 is 12.6 Å². The average Bonchev–Trinajstić information content (AvgIpc) is 1.62. The van der Waals surface area contributed by atoms with E-state index in [0.717, 1.165) is 0 Å². The standard InChI is InChI=1S/C5H11NOS/c1-5(2,8)4(7)3-6/h8H,3,6H2,1-2H3. The Hall–Kier alpha value is -0.0200. The summed E-state index contributed by atoms with van der Waals surface area (Å²) in [5, 5.41) is 0. The zero-order chi connectivity index (χ0) is 6.78. The van der Waals surface area contributed by atoms with Crippen molar-refractivity contribution in [3.8, 4) is 0 Å². The number of nitrogens with two attached hydrogens (primary N) is 1. The molecule has 0 amide bonds. The highest BCUT2D eigenvalue weighted by Gasteiger charge is 2.19. The third-order valence-corrected chi connectivity index (χ3v) is 1.12. The molecule has 8 heavy (non-hydrogen) atoms. The molecular formula is C5H11NOS. The Labute approximate surface area is 54.9 Å². The first-order valence-corrected chi connectivity index (χ1v) is 2.89. The van der Waals surface area contributed by atoms with Crippen LogP contribution in [0.2, 0.25) is 0 Å². The SMILES string of the molecule is CC(C)(S)C(=O)CN. The van der Waals surface area contributed by atoms with E-state index in [4.69, 9.17) is 5.73 Å². The van der Waals surface area contributed by atoms with Crippen LogP contribution in [0.25, 0.3) is 0 Å². The van der Waals surface area contributed by atoms with Gasteiger partial charge < -0.3 is 5.73 Å². The van der Waals surface area contributed by atoms with E-state index in [1.165, 1.54) is 0 Å². The van der Waals surface area contributed by atoms with E-state index in [1.807, 2.05) is 0 Å². The van der Waals surface area contributed by atoms with Crippen molar-refractivity contribution in [2.75, 3.05) is 6.54 Å². The lowest BCUT2D eigenvalue weighted by Gasteiger charge is -2.12. The van der Waals surface area contributed by atoms with Crippen LogP contribution in [0.3, 0.4) is 0 Å². The number of carbonyl (C=O) groups is 1. The van der Waals surface area contributed by atoms with Crippen molar-refractivity contribution in [3.63, 3.8) is 0 Å². The molecule has 0 unspecified atom stereocenters. The minimum absolute atomic E-state index is 0.0270. The average molecular weight is 133 g/mol. The van der Waals surface area contributed by atoms with Crippen LogP contribution in [0.5, 0.6) is 0 Å². The minimum Gasteiger partial charge on any atom is -0.324 e. The highest BCUT2D eigenvalue weighted by atomic mass is 32.1. The van der Waals surface area contributed by atoms with Crippen molar-refractivity contribution >= 4 is 18.4 Å². The summed E-state index contributed by atoms with van der Waals surface area (Å²) in [5.74, 6) is -0.0270. The Kier molecular flexibility index (Phi) is 2.50. The van der Waals surface area contributed by atoms with Gasteiger partial charge in [-0.25, -0.2) is 0 Å². The van der Waals surface area contributed by atoms with Crippen LogP contribution in [0.4, 0.5) is 0 Å². The Morgan fingerprint density at radius 1 is 1.75 bits per heavy atom. The van der Waals surface area contributed by atoms with Crippen LogP contribution in [-0.2, 0) is 4.79 Å². The first-order valence-electron chi connectivity index (χ1n) is 2.44. The summed E-state index contributed by atoms with van der Waals surface area (Å²) in [7, 11) is 0. The molecular weight excluding hydrogens is 122 g/mol. The lowest BCUT2D eigenvalue weighted by atomic mass is 10.1. The summed E-state index contributed by atoms with van der Waals surface area (Å²) in [6.45, 7) is 3.53. The summed E-state index contributed by atoms with van der Waals surface area (Å²) in [5.41, 5.74) is 5.06. The predicted molar refractivity (Wildman–Crippen MR) is 37.1 cm³/mol. The second-order valence-electron chi connectivity index (χ2n) is 2.19. The molecule has 0 fully saturated rings. The van der Waals surface area contributed by atoms with Crippen molar-refractivity contribution in [2.24, 2.45) is 5.73 Å². The monoisotopic (exact) mass is 133 g/mol. The molecule has 0 spiro atoms. The van der Waals surface area contributed by atoms with Gasteiger partial charge in [-0.2, -0.15) is 12.6 Å². The summed E-state index contributed by atoms with van der Waals surface area (Å²) < 4.78 is -0.561. The van der Waals surface area contributed by atoms with E-state index in [2.05, 4.69) is 12.6 Å². The fraction of sp³-hybridized carbons (Fsp3) is 0.800. The van der Waals surface area contributed by atoms with Gasteiger partial charge in [0, 0.05) is 0 Å². The fourth-order valence-corrected chi connectivity index (χ4v) is 0.341. The van der Waals surface area contributed by atoms with E-state index in [9.17, 15) is 4.79 Å². The van der Waals surface area contributed by atoms with Gasteiger partial charge in [0.2, 0.25) is 0 Å². The Morgan fingerprint density at radius 3 is 2.12 bits per heavy atom. The zero-order valence-electron chi connectivity index (χ0n) is 5.14. The van der Waals surface area contributed by atoms with E-state index in [-0.39, 0.29) is 12.3 Å². The van der Waals surface area contributed by atoms with Gasteiger partial charge in [-0.3, -0.25) is 4.79 Å². The molecule has 0 aliphatic carbocycles. The number of hydrogen-bond acceptors (Lipinski definition) is 3. The number of thiol groups is 1. The van der Waals surface area contributed by atoms with Gasteiger partial charge in [0.15, 0.2) is 5.78 Å². The minimum atomic E-state index is -0.561. The third kappa shape index (κ3) is 2.33. The lowest BCUT2D eigenvalue weighted by molar-refractivity contribution is -0.119. The van der Waals surface area contributed by atoms with Crippen molar-refractivity contribution in [3.05, 3.63) is 0 Å². The van der Waals surface area contributed by atoms with E-state index >= 15 is 0 Å². The smallest absolute Gasteiger partial charge is 0.161 e. The topological polar surface area (TPSA) is 43.1 Å². The molecule has 0 aromatic carbocycles. The highest BCUT2D eigenvalue weighted by Crippen LogP contribution is 2.11. The van der Waals surface area contributed by atoms with Crippen LogP contribution < -0.4 is 5.73 Å². The summed E-state index contributed by atoms with van der Waals surface area (Å²) in [6.07, 6.45) is 0. The maximum atomic E-state index is 10.6. The van der Waals surface area contributed by atoms with Crippen LogP contribution in [0.1, 0.15) is 13.8 Å². The van der Waals surface area contributed by atoms with Crippen LogP contribution in [0, 0.1) is 0 Å². The molecule has 3 heteroatoms. The van der Waals surface area contributed by atoms with Crippen molar-refractivity contribution < 1.29 is 4.79 Å². The van der Waals surface area contributed by atoms with Crippen LogP contribution in [0.15, 0.2) is 0 Å². The first kappa shape index (κ1) is 7.98. The summed E-state index contributed by atoms with van der Waals surface area (Å²) >= 11 is 4.00. The molecule has 0 rings (SSSR count). The second kappa shape index (κ2) is 2.51. The quantitative estimate of drug-likeness (QED) is 0.529. The molecule has 0 atom stereocenters. The number of ketones is 1. The Balaban J connectivity index is 3.82. The van der Waals surface area contributed by atoms with Gasteiger partial charge >= 0.3 is 0 Å².